The molecule has 1 heterocycles. The van der Waals surface area contributed by atoms with Crippen LogP contribution >= 0.6 is 0 Å². The molecule has 138 valence electrons. The van der Waals surface area contributed by atoms with Crippen LogP contribution in [0.25, 0.3) is 0 Å². The molecule has 1 aliphatic heterocycles. The number of rotatable bonds is 7. The SMILES string of the molecule is CC(O)C1CCN(CC(O)COCC2=CCC3CC2C3(C)C)CC1. The first-order valence-corrected chi connectivity index (χ1v) is 9.73. The largest absolute Gasteiger partial charge is 0.393 e. The van der Waals surface area contributed by atoms with E-state index in [2.05, 4.69) is 24.8 Å². The molecule has 2 bridgehead atoms. The van der Waals surface area contributed by atoms with Gasteiger partial charge < -0.3 is 19.8 Å². The second-order valence-electron chi connectivity index (χ2n) is 8.87. The van der Waals surface area contributed by atoms with E-state index in [0.29, 0.717) is 37.0 Å². The van der Waals surface area contributed by atoms with Crippen LogP contribution in [-0.4, -0.2) is 60.2 Å². The van der Waals surface area contributed by atoms with Crippen LogP contribution in [0.4, 0.5) is 0 Å². The molecule has 0 amide bonds. The van der Waals surface area contributed by atoms with E-state index < -0.39 is 6.10 Å². The van der Waals surface area contributed by atoms with Crippen LogP contribution in [0.5, 0.6) is 0 Å². The van der Waals surface area contributed by atoms with Crippen LogP contribution in [0.2, 0.25) is 0 Å². The summed E-state index contributed by atoms with van der Waals surface area (Å²) >= 11 is 0. The van der Waals surface area contributed by atoms with E-state index in [1.165, 1.54) is 18.4 Å². The van der Waals surface area contributed by atoms with Gasteiger partial charge in [0.25, 0.3) is 0 Å². The molecular weight excluding hydrogens is 302 g/mol. The minimum absolute atomic E-state index is 0.209. The smallest absolute Gasteiger partial charge is 0.0900 e. The molecule has 24 heavy (non-hydrogen) atoms. The highest BCUT2D eigenvalue weighted by molar-refractivity contribution is 5.23. The van der Waals surface area contributed by atoms with Crippen molar-refractivity contribution in [2.24, 2.45) is 23.2 Å². The van der Waals surface area contributed by atoms with E-state index in [0.717, 1.165) is 31.8 Å². The van der Waals surface area contributed by atoms with E-state index >= 15 is 0 Å². The Balaban J connectivity index is 1.34. The fraction of sp³-hybridized carbons (Fsp3) is 0.900. The molecule has 0 spiro atoms. The third-order valence-electron chi connectivity index (χ3n) is 6.95. The number of piperidine rings is 1. The van der Waals surface area contributed by atoms with Crippen LogP contribution in [-0.2, 0) is 4.74 Å². The van der Waals surface area contributed by atoms with Crippen molar-refractivity contribution in [3.8, 4) is 0 Å². The van der Waals surface area contributed by atoms with Crippen LogP contribution in [0, 0.1) is 23.2 Å². The van der Waals surface area contributed by atoms with Crippen molar-refractivity contribution in [2.75, 3.05) is 32.8 Å². The fourth-order valence-electron chi connectivity index (χ4n) is 4.92. The molecule has 0 aromatic carbocycles. The van der Waals surface area contributed by atoms with Crippen LogP contribution in [0.1, 0.15) is 46.5 Å². The highest BCUT2D eigenvalue weighted by Gasteiger charge is 2.50. The van der Waals surface area contributed by atoms with E-state index in [1.807, 2.05) is 6.92 Å². The van der Waals surface area contributed by atoms with Crippen molar-refractivity contribution in [3.63, 3.8) is 0 Å². The van der Waals surface area contributed by atoms with Gasteiger partial charge in [-0.3, -0.25) is 0 Å². The Morgan fingerprint density at radius 1 is 1.29 bits per heavy atom. The maximum Gasteiger partial charge on any atom is 0.0900 e. The number of nitrogens with zero attached hydrogens (tertiary/aromatic N) is 1. The Kier molecular flexibility index (Phi) is 5.70. The van der Waals surface area contributed by atoms with Gasteiger partial charge in [-0.2, -0.15) is 0 Å². The second-order valence-corrected chi connectivity index (χ2v) is 8.87. The molecule has 4 aliphatic rings. The molecule has 0 radical (unpaired) electrons. The number of aliphatic hydroxyl groups excluding tert-OH is 2. The number of likely N-dealkylation sites (tertiary alicyclic amines) is 1. The average molecular weight is 338 g/mol. The Labute approximate surface area is 146 Å². The summed E-state index contributed by atoms with van der Waals surface area (Å²) in [5, 5.41) is 19.9. The number of hydrogen-bond acceptors (Lipinski definition) is 4. The molecule has 1 saturated carbocycles. The lowest BCUT2D eigenvalue weighted by Crippen LogP contribution is -2.48. The third kappa shape index (κ3) is 3.87. The molecular formula is C20H35NO3. The minimum atomic E-state index is -0.417. The van der Waals surface area contributed by atoms with Crippen molar-refractivity contribution in [2.45, 2.75) is 58.7 Å². The number of fused-ring (bicyclic) bond motifs is 1. The summed E-state index contributed by atoms with van der Waals surface area (Å²) in [5.41, 5.74) is 1.90. The molecule has 2 N–H and O–H groups in total. The first-order valence-electron chi connectivity index (χ1n) is 9.73. The summed E-state index contributed by atoms with van der Waals surface area (Å²) in [6, 6.07) is 0. The normalized spacial score (nSPS) is 32.8. The molecule has 4 atom stereocenters. The number of ether oxygens (including phenoxy) is 1. The average Bonchev–Trinajstić information content (AvgIpc) is 2.55. The minimum Gasteiger partial charge on any atom is -0.393 e. The lowest BCUT2D eigenvalue weighted by atomic mass is 9.49. The zero-order valence-corrected chi connectivity index (χ0v) is 15.6. The zero-order valence-electron chi connectivity index (χ0n) is 15.6. The topological polar surface area (TPSA) is 52.9 Å². The fourth-order valence-corrected chi connectivity index (χ4v) is 4.92. The van der Waals surface area contributed by atoms with Crippen LogP contribution in [0.15, 0.2) is 11.6 Å². The van der Waals surface area contributed by atoms with E-state index in [1.54, 1.807) is 0 Å². The van der Waals surface area contributed by atoms with Gasteiger partial charge in [0.1, 0.15) is 0 Å². The highest BCUT2D eigenvalue weighted by Crippen LogP contribution is 2.59. The molecule has 4 unspecified atom stereocenters. The standard InChI is InChI=1S/C20H35NO3/c1-14(22)15-6-8-21(9-7-15)11-18(23)13-24-12-16-4-5-17-10-19(16)20(17,2)3/h4,14-15,17-19,22-23H,5-13H2,1-3H3. The maximum absolute atomic E-state index is 10.2. The Bertz CT molecular complexity index is 452. The summed E-state index contributed by atoms with van der Waals surface area (Å²) in [4.78, 5) is 2.30. The molecule has 3 aliphatic carbocycles. The Morgan fingerprint density at radius 2 is 2.00 bits per heavy atom. The van der Waals surface area contributed by atoms with E-state index in [-0.39, 0.29) is 6.10 Å². The van der Waals surface area contributed by atoms with Gasteiger partial charge in [-0.1, -0.05) is 19.9 Å². The summed E-state index contributed by atoms with van der Waals surface area (Å²) in [6.07, 6.45) is 6.31. The summed E-state index contributed by atoms with van der Waals surface area (Å²) in [7, 11) is 0. The van der Waals surface area contributed by atoms with Gasteiger partial charge in [-0.15, -0.1) is 0 Å². The molecule has 0 aromatic rings. The van der Waals surface area contributed by atoms with Crippen molar-refractivity contribution in [1.29, 1.82) is 0 Å². The van der Waals surface area contributed by atoms with Gasteiger partial charge in [-0.05, 0) is 74.4 Å². The predicted molar refractivity (Wildman–Crippen MR) is 95.7 cm³/mol. The first kappa shape index (κ1) is 18.4. The lowest BCUT2D eigenvalue weighted by molar-refractivity contribution is -0.0278. The van der Waals surface area contributed by atoms with E-state index in [9.17, 15) is 10.2 Å². The monoisotopic (exact) mass is 337 g/mol. The number of β-amino-alcohol motifs (C(OH)–C–C–N with tert-alkyl or cyclic N) is 1. The van der Waals surface area contributed by atoms with E-state index in [4.69, 9.17) is 4.74 Å². The van der Waals surface area contributed by atoms with Gasteiger partial charge in [0, 0.05) is 6.54 Å². The van der Waals surface area contributed by atoms with Gasteiger partial charge in [0.05, 0.1) is 25.4 Å². The van der Waals surface area contributed by atoms with Crippen molar-refractivity contribution in [1.82, 2.24) is 4.90 Å². The molecule has 4 rings (SSSR count). The van der Waals surface area contributed by atoms with Gasteiger partial charge in [-0.25, -0.2) is 0 Å². The lowest BCUT2D eigenvalue weighted by Gasteiger charge is -2.56. The quantitative estimate of drug-likeness (QED) is 0.701. The highest BCUT2D eigenvalue weighted by atomic mass is 16.5. The number of allylic oxidation sites excluding steroid dienone is 1. The molecule has 2 fully saturated rings. The summed E-state index contributed by atoms with van der Waals surface area (Å²) in [6.45, 7) is 10.4. The molecule has 4 heteroatoms. The molecule has 0 aromatic heterocycles. The summed E-state index contributed by atoms with van der Waals surface area (Å²) in [5.74, 6) is 1.97. The Hall–Kier alpha value is -0.420. The molecule has 4 nitrogen and oxygen atoms in total. The number of hydrogen-bond donors (Lipinski definition) is 2. The Morgan fingerprint density at radius 3 is 2.58 bits per heavy atom. The van der Waals surface area contributed by atoms with Crippen molar-refractivity contribution >= 4 is 0 Å². The van der Waals surface area contributed by atoms with Gasteiger partial charge in [0.2, 0.25) is 0 Å². The van der Waals surface area contributed by atoms with Gasteiger partial charge >= 0.3 is 0 Å². The van der Waals surface area contributed by atoms with Crippen LogP contribution in [0.3, 0.4) is 0 Å². The van der Waals surface area contributed by atoms with Crippen molar-refractivity contribution in [3.05, 3.63) is 11.6 Å². The predicted octanol–water partition coefficient (Wildman–Crippen LogP) is 2.45. The first-order chi connectivity index (χ1) is 11.4. The summed E-state index contributed by atoms with van der Waals surface area (Å²) < 4.78 is 5.84. The van der Waals surface area contributed by atoms with Gasteiger partial charge in [0.15, 0.2) is 0 Å². The van der Waals surface area contributed by atoms with Crippen molar-refractivity contribution < 1.29 is 14.9 Å². The van der Waals surface area contributed by atoms with Crippen LogP contribution < -0.4 is 0 Å². The second kappa shape index (κ2) is 7.45. The molecule has 1 saturated heterocycles. The zero-order chi connectivity index (χ0) is 17.3. The third-order valence-corrected chi connectivity index (χ3v) is 6.95. The maximum atomic E-state index is 10.2. The number of aliphatic hydroxyl groups is 2.